The van der Waals surface area contributed by atoms with Crippen LogP contribution in [0.4, 0.5) is 0 Å². The van der Waals surface area contributed by atoms with Gasteiger partial charge in [0.05, 0.1) is 0 Å². The van der Waals surface area contributed by atoms with Crippen molar-refractivity contribution in [2.24, 2.45) is 0 Å². The molecule has 4 heteroatoms. The highest BCUT2D eigenvalue weighted by Gasteiger charge is 2.11. The van der Waals surface area contributed by atoms with Crippen molar-refractivity contribution < 1.29 is 4.74 Å². The minimum absolute atomic E-state index is 0.317. The number of halogens is 1. The van der Waals surface area contributed by atoms with Crippen LogP contribution in [0.15, 0.2) is 36.4 Å². The Kier molecular flexibility index (Phi) is 6.55. The summed E-state index contributed by atoms with van der Waals surface area (Å²) in [6, 6.07) is 12.3. The van der Waals surface area contributed by atoms with Crippen LogP contribution >= 0.6 is 22.9 Å². The van der Waals surface area contributed by atoms with E-state index in [0.717, 1.165) is 25.1 Å². The summed E-state index contributed by atoms with van der Waals surface area (Å²) in [5.74, 6) is 0.825. The minimum atomic E-state index is 0.317. The zero-order valence-corrected chi connectivity index (χ0v) is 14.1. The van der Waals surface area contributed by atoms with E-state index in [9.17, 15) is 0 Å². The average molecular weight is 324 g/mol. The maximum absolute atomic E-state index is 5.98. The van der Waals surface area contributed by atoms with Crippen LogP contribution in [0.3, 0.4) is 0 Å². The van der Waals surface area contributed by atoms with E-state index in [1.807, 2.05) is 35.6 Å². The summed E-state index contributed by atoms with van der Waals surface area (Å²) in [7, 11) is 0. The zero-order valence-electron chi connectivity index (χ0n) is 12.6. The number of thiophene rings is 1. The second-order valence-electron chi connectivity index (χ2n) is 4.95. The molecule has 0 aliphatic heterocycles. The molecule has 1 unspecified atom stereocenters. The van der Waals surface area contributed by atoms with Gasteiger partial charge < -0.3 is 10.1 Å². The van der Waals surface area contributed by atoms with E-state index in [1.165, 1.54) is 9.75 Å². The molecule has 0 aliphatic carbocycles. The van der Waals surface area contributed by atoms with E-state index in [1.54, 1.807) is 0 Å². The molecular formula is C17H22ClNOS. The Morgan fingerprint density at radius 3 is 2.67 bits per heavy atom. The van der Waals surface area contributed by atoms with Crippen molar-refractivity contribution >= 4 is 22.9 Å². The van der Waals surface area contributed by atoms with Gasteiger partial charge in [-0.2, -0.15) is 0 Å². The lowest BCUT2D eigenvalue weighted by atomic mass is 10.2. The Balaban J connectivity index is 1.92. The predicted molar refractivity (Wildman–Crippen MR) is 91.8 cm³/mol. The first-order valence-electron chi connectivity index (χ1n) is 7.40. The number of hydrogen-bond acceptors (Lipinski definition) is 3. The Hall–Kier alpha value is -1.03. The zero-order chi connectivity index (χ0) is 15.1. The highest BCUT2D eigenvalue weighted by atomic mass is 35.5. The third-order valence-corrected chi connectivity index (χ3v) is 4.74. The summed E-state index contributed by atoms with van der Waals surface area (Å²) in [5, 5.41) is 4.20. The molecule has 21 heavy (non-hydrogen) atoms. The van der Waals surface area contributed by atoms with E-state index in [-0.39, 0.29) is 0 Å². The third-order valence-electron chi connectivity index (χ3n) is 3.25. The molecule has 0 fully saturated rings. The maximum Gasteiger partial charge on any atom is 0.120 e. The van der Waals surface area contributed by atoms with E-state index < -0.39 is 0 Å². The maximum atomic E-state index is 5.98. The van der Waals surface area contributed by atoms with Crippen LogP contribution in [-0.4, -0.2) is 19.2 Å². The molecule has 0 amide bonds. The fourth-order valence-electron chi connectivity index (χ4n) is 2.20. The van der Waals surface area contributed by atoms with Gasteiger partial charge in [-0.1, -0.05) is 31.5 Å². The monoisotopic (exact) mass is 323 g/mol. The minimum Gasteiger partial charge on any atom is -0.492 e. The largest absolute Gasteiger partial charge is 0.492 e. The van der Waals surface area contributed by atoms with Gasteiger partial charge in [0, 0.05) is 27.2 Å². The van der Waals surface area contributed by atoms with Crippen LogP contribution < -0.4 is 10.1 Å². The van der Waals surface area contributed by atoms with Gasteiger partial charge in [-0.25, -0.2) is 0 Å². The van der Waals surface area contributed by atoms with Gasteiger partial charge >= 0.3 is 0 Å². The van der Waals surface area contributed by atoms with Gasteiger partial charge in [0.2, 0.25) is 0 Å². The Bertz CT molecular complexity index is 555. The first kappa shape index (κ1) is 16.3. The fraction of sp³-hybridized carbons (Fsp3) is 0.412. The quantitative estimate of drug-likeness (QED) is 0.768. The lowest BCUT2D eigenvalue weighted by molar-refractivity contribution is 0.265. The summed E-state index contributed by atoms with van der Waals surface area (Å²) in [5.41, 5.74) is 0. The number of ether oxygens (including phenoxy) is 1. The fourth-order valence-corrected chi connectivity index (χ4v) is 3.42. The predicted octanol–water partition coefficient (Wildman–Crippen LogP) is 4.56. The Labute approximate surface area is 136 Å². The second kappa shape index (κ2) is 8.42. The van der Waals surface area contributed by atoms with Gasteiger partial charge in [-0.3, -0.25) is 0 Å². The summed E-state index contributed by atoms with van der Waals surface area (Å²) < 4.78 is 5.86. The van der Waals surface area contributed by atoms with Crippen molar-refractivity contribution in [2.75, 3.05) is 13.2 Å². The number of rotatable bonds is 8. The lowest BCUT2D eigenvalue weighted by Crippen LogP contribution is -2.36. The smallest absolute Gasteiger partial charge is 0.120 e. The molecule has 0 saturated heterocycles. The average Bonchev–Trinajstić information content (AvgIpc) is 2.93. The van der Waals surface area contributed by atoms with Crippen molar-refractivity contribution in [3.05, 3.63) is 51.2 Å². The van der Waals surface area contributed by atoms with Gasteiger partial charge in [0.1, 0.15) is 12.4 Å². The topological polar surface area (TPSA) is 21.3 Å². The van der Waals surface area contributed by atoms with Gasteiger partial charge in [0.15, 0.2) is 0 Å². The molecule has 2 nitrogen and oxygen atoms in total. The van der Waals surface area contributed by atoms with E-state index >= 15 is 0 Å². The molecule has 0 aliphatic rings. The molecule has 1 heterocycles. The molecule has 0 radical (unpaired) electrons. The number of aryl methyl sites for hydroxylation is 1. The summed E-state index contributed by atoms with van der Waals surface area (Å²) in [6.07, 6.45) is 2.11. The van der Waals surface area contributed by atoms with Crippen LogP contribution in [0.25, 0.3) is 0 Å². The molecule has 0 bridgehead atoms. The van der Waals surface area contributed by atoms with Crippen LogP contribution in [-0.2, 0) is 12.8 Å². The van der Waals surface area contributed by atoms with Crippen LogP contribution in [0.5, 0.6) is 5.75 Å². The molecule has 1 N–H and O–H groups in total. The molecule has 1 aromatic carbocycles. The van der Waals surface area contributed by atoms with Crippen LogP contribution in [0.1, 0.15) is 23.6 Å². The number of likely N-dealkylation sites (N-methyl/N-ethyl adjacent to an activating group) is 1. The standard InChI is InChI=1S/C17H22ClNOS/c1-3-16-8-9-17(21-16)11-14(19-4-2)12-20-15-7-5-6-13(18)10-15/h5-10,14,19H,3-4,11-12H2,1-2H3. The molecular weight excluding hydrogens is 302 g/mol. The molecule has 114 valence electrons. The molecule has 1 aromatic heterocycles. The van der Waals surface area contributed by atoms with Gasteiger partial charge in [0.25, 0.3) is 0 Å². The van der Waals surface area contributed by atoms with Crippen molar-refractivity contribution in [3.8, 4) is 5.75 Å². The first-order valence-corrected chi connectivity index (χ1v) is 8.60. The van der Waals surface area contributed by atoms with E-state index in [4.69, 9.17) is 16.3 Å². The van der Waals surface area contributed by atoms with Gasteiger partial charge in [-0.05, 0) is 43.3 Å². The molecule has 1 atom stereocenters. The molecule has 0 spiro atoms. The van der Waals surface area contributed by atoms with Crippen molar-refractivity contribution in [1.29, 1.82) is 0 Å². The summed E-state index contributed by atoms with van der Waals surface area (Å²) in [6.45, 7) is 5.90. The molecule has 2 aromatic rings. The second-order valence-corrected chi connectivity index (χ2v) is 6.64. The lowest BCUT2D eigenvalue weighted by Gasteiger charge is -2.18. The van der Waals surface area contributed by atoms with E-state index in [0.29, 0.717) is 17.7 Å². The first-order chi connectivity index (χ1) is 10.2. The van der Waals surface area contributed by atoms with Crippen LogP contribution in [0.2, 0.25) is 5.02 Å². The van der Waals surface area contributed by atoms with Crippen molar-refractivity contribution in [2.45, 2.75) is 32.7 Å². The number of nitrogens with one attached hydrogen (secondary N) is 1. The van der Waals surface area contributed by atoms with E-state index in [2.05, 4.69) is 31.3 Å². The van der Waals surface area contributed by atoms with Crippen molar-refractivity contribution in [3.63, 3.8) is 0 Å². The number of hydrogen-bond donors (Lipinski definition) is 1. The Morgan fingerprint density at radius 1 is 1.19 bits per heavy atom. The SMILES string of the molecule is CCNC(COc1cccc(Cl)c1)Cc1ccc(CC)s1. The highest BCUT2D eigenvalue weighted by molar-refractivity contribution is 7.11. The summed E-state index contributed by atoms with van der Waals surface area (Å²) in [4.78, 5) is 2.85. The van der Waals surface area contributed by atoms with Crippen molar-refractivity contribution in [1.82, 2.24) is 5.32 Å². The molecule has 0 saturated carbocycles. The normalized spacial score (nSPS) is 12.3. The van der Waals surface area contributed by atoms with Gasteiger partial charge in [-0.15, -0.1) is 11.3 Å². The third kappa shape index (κ3) is 5.34. The van der Waals surface area contributed by atoms with Crippen LogP contribution in [0, 0.1) is 0 Å². The summed E-state index contributed by atoms with van der Waals surface area (Å²) >= 11 is 7.87. The highest BCUT2D eigenvalue weighted by Crippen LogP contribution is 2.20. The Morgan fingerprint density at radius 2 is 2.00 bits per heavy atom. The number of benzene rings is 1. The molecule has 2 rings (SSSR count).